The Morgan fingerprint density at radius 1 is 1.19 bits per heavy atom. The fraction of sp³-hybridized carbons (Fsp3) is 0.111. The van der Waals surface area contributed by atoms with Crippen LogP contribution in [0.15, 0.2) is 28.7 Å². The summed E-state index contributed by atoms with van der Waals surface area (Å²) in [7, 11) is 0. The van der Waals surface area contributed by atoms with Gasteiger partial charge in [-0.1, -0.05) is 11.2 Å². The second-order valence-corrected chi connectivity index (χ2v) is 3.26. The van der Waals surface area contributed by atoms with Crippen molar-refractivity contribution in [3.63, 3.8) is 0 Å². The van der Waals surface area contributed by atoms with Gasteiger partial charge < -0.3 is 4.42 Å². The summed E-state index contributed by atoms with van der Waals surface area (Å²) in [5, 5.41) is 6.63. The van der Waals surface area contributed by atoms with Crippen LogP contribution in [0.2, 0.25) is 5.35 Å². The standard InChI is InChI=1S/C9H4ClF3N2O/c10-8-15-14-7(16-8)5-2-1-3-6(4-5)9(11,12)13/h1-4H. The predicted molar refractivity (Wildman–Crippen MR) is 49.7 cm³/mol. The maximum Gasteiger partial charge on any atom is 0.416 e. The molecule has 1 aromatic carbocycles. The second kappa shape index (κ2) is 3.79. The quantitative estimate of drug-likeness (QED) is 0.776. The minimum absolute atomic E-state index is 0.0453. The molecule has 0 spiro atoms. The van der Waals surface area contributed by atoms with Gasteiger partial charge in [-0.05, 0) is 29.8 Å². The smallest absolute Gasteiger partial charge is 0.407 e. The van der Waals surface area contributed by atoms with E-state index in [0.717, 1.165) is 12.1 Å². The maximum atomic E-state index is 12.4. The molecule has 0 unspecified atom stereocenters. The Morgan fingerprint density at radius 3 is 2.50 bits per heavy atom. The lowest BCUT2D eigenvalue weighted by molar-refractivity contribution is -0.137. The van der Waals surface area contributed by atoms with Crippen molar-refractivity contribution in [1.29, 1.82) is 0 Å². The average Bonchev–Trinajstić information content (AvgIpc) is 2.64. The Hall–Kier alpha value is -1.56. The molecule has 1 aromatic heterocycles. The molecule has 84 valence electrons. The van der Waals surface area contributed by atoms with Gasteiger partial charge >= 0.3 is 11.5 Å². The summed E-state index contributed by atoms with van der Waals surface area (Å²) in [6.07, 6.45) is -4.40. The summed E-state index contributed by atoms with van der Waals surface area (Å²) in [6.45, 7) is 0. The fourth-order valence-electron chi connectivity index (χ4n) is 1.15. The molecule has 0 saturated heterocycles. The SMILES string of the molecule is FC(F)(F)c1cccc(-c2nnc(Cl)o2)c1. The first kappa shape index (κ1) is 10.9. The van der Waals surface area contributed by atoms with Crippen molar-refractivity contribution < 1.29 is 17.6 Å². The molecule has 0 fully saturated rings. The number of rotatable bonds is 1. The molecule has 3 nitrogen and oxygen atoms in total. The summed E-state index contributed by atoms with van der Waals surface area (Å²) >= 11 is 5.38. The van der Waals surface area contributed by atoms with E-state index < -0.39 is 11.7 Å². The predicted octanol–water partition coefficient (Wildman–Crippen LogP) is 3.41. The molecule has 1 heterocycles. The third kappa shape index (κ3) is 2.16. The van der Waals surface area contributed by atoms with E-state index in [1.165, 1.54) is 12.1 Å². The van der Waals surface area contributed by atoms with Crippen molar-refractivity contribution in [3.05, 3.63) is 35.2 Å². The number of alkyl halides is 3. The molecule has 2 rings (SSSR count). The molecule has 2 aromatic rings. The fourth-order valence-corrected chi connectivity index (χ4v) is 1.26. The molecule has 0 aliphatic heterocycles. The van der Waals surface area contributed by atoms with Crippen molar-refractivity contribution in [1.82, 2.24) is 10.2 Å². The van der Waals surface area contributed by atoms with Crippen LogP contribution in [0.1, 0.15) is 5.56 Å². The van der Waals surface area contributed by atoms with E-state index in [1.54, 1.807) is 0 Å². The summed E-state index contributed by atoms with van der Waals surface area (Å²) in [6, 6.07) is 4.57. The average molecular weight is 249 g/mol. The molecule has 0 N–H and O–H groups in total. The van der Waals surface area contributed by atoms with Crippen LogP contribution in [0.4, 0.5) is 13.2 Å². The van der Waals surface area contributed by atoms with Gasteiger partial charge in [-0.3, -0.25) is 0 Å². The molecule has 16 heavy (non-hydrogen) atoms. The number of aromatic nitrogens is 2. The monoisotopic (exact) mass is 248 g/mol. The van der Waals surface area contributed by atoms with Crippen LogP contribution in [-0.2, 0) is 6.18 Å². The normalized spacial score (nSPS) is 11.8. The molecule has 0 radical (unpaired) electrons. The molecule has 0 bridgehead atoms. The first-order valence-corrected chi connectivity index (χ1v) is 4.51. The number of nitrogens with zero attached hydrogens (tertiary/aromatic N) is 2. The van der Waals surface area contributed by atoms with E-state index in [9.17, 15) is 13.2 Å². The number of benzene rings is 1. The largest absolute Gasteiger partial charge is 0.416 e. The van der Waals surface area contributed by atoms with Gasteiger partial charge in [0.1, 0.15) is 0 Å². The van der Waals surface area contributed by atoms with Crippen molar-refractivity contribution in [2.45, 2.75) is 6.18 Å². The second-order valence-electron chi connectivity index (χ2n) is 2.94. The summed E-state index contributed by atoms with van der Waals surface area (Å²) < 4.78 is 42.0. The lowest BCUT2D eigenvalue weighted by atomic mass is 10.1. The van der Waals surface area contributed by atoms with E-state index in [1.807, 2.05) is 0 Å². The van der Waals surface area contributed by atoms with Crippen LogP contribution in [-0.4, -0.2) is 10.2 Å². The molecule has 0 saturated carbocycles. The van der Waals surface area contributed by atoms with E-state index in [4.69, 9.17) is 16.0 Å². The highest BCUT2D eigenvalue weighted by molar-refractivity contribution is 6.27. The van der Waals surface area contributed by atoms with Gasteiger partial charge in [0.2, 0.25) is 5.89 Å². The number of halogens is 4. The van der Waals surface area contributed by atoms with Crippen molar-refractivity contribution in [2.24, 2.45) is 0 Å². The first-order valence-electron chi connectivity index (χ1n) is 4.13. The van der Waals surface area contributed by atoms with Crippen LogP contribution in [0, 0.1) is 0 Å². The molecule has 0 amide bonds. The lowest BCUT2D eigenvalue weighted by Crippen LogP contribution is -2.04. The van der Waals surface area contributed by atoms with E-state index in [-0.39, 0.29) is 16.8 Å². The van der Waals surface area contributed by atoms with Crippen molar-refractivity contribution >= 4 is 11.6 Å². The van der Waals surface area contributed by atoms with Crippen LogP contribution in [0.5, 0.6) is 0 Å². The molecule has 0 atom stereocenters. The number of hydrogen-bond donors (Lipinski definition) is 0. The summed E-state index contributed by atoms with van der Waals surface area (Å²) in [5.74, 6) is -0.0453. The minimum atomic E-state index is -4.40. The zero-order valence-electron chi connectivity index (χ0n) is 7.62. The maximum absolute atomic E-state index is 12.4. The van der Waals surface area contributed by atoms with E-state index in [2.05, 4.69) is 10.2 Å². The molecule has 0 aliphatic carbocycles. The third-order valence-corrected chi connectivity index (χ3v) is 1.99. The van der Waals surface area contributed by atoms with Crippen LogP contribution >= 0.6 is 11.6 Å². The van der Waals surface area contributed by atoms with Gasteiger partial charge in [0, 0.05) is 5.56 Å². The molecular formula is C9H4ClF3N2O. The van der Waals surface area contributed by atoms with E-state index in [0.29, 0.717) is 0 Å². The molecule has 7 heteroatoms. The third-order valence-electron chi connectivity index (χ3n) is 1.84. The Balaban J connectivity index is 2.44. The van der Waals surface area contributed by atoms with Gasteiger partial charge in [0.15, 0.2) is 0 Å². The van der Waals surface area contributed by atoms with E-state index >= 15 is 0 Å². The highest BCUT2D eigenvalue weighted by atomic mass is 35.5. The first-order chi connectivity index (χ1) is 7.47. The zero-order chi connectivity index (χ0) is 11.8. The highest BCUT2D eigenvalue weighted by Crippen LogP contribution is 2.31. The minimum Gasteiger partial charge on any atom is -0.407 e. The highest BCUT2D eigenvalue weighted by Gasteiger charge is 2.30. The van der Waals surface area contributed by atoms with Gasteiger partial charge in [-0.2, -0.15) is 13.2 Å². The van der Waals surface area contributed by atoms with Crippen LogP contribution in [0.3, 0.4) is 0 Å². The topological polar surface area (TPSA) is 38.9 Å². The molecular weight excluding hydrogens is 245 g/mol. The van der Waals surface area contributed by atoms with Gasteiger partial charge in [-0.15, -0.1) is 5.10 Å². The lowest BCUT2D eigenvalue weighted by Gasteiger charge is -2.06. The van der Waals surface area contributed by atoms with Gasteiger partial charge in [-0.25, -0.2) is 0 Å². The van der Waals surface area contributed by atoms with Crippen LogP contribution in [0.25, 0.3) is 11.5 Å². The van der Waals surface area contributed by atoms with Gasteiger partial charge in [0.25, 0.3) is 0 Å². The number of hydrogen-bond acceptors (Lipinski definition) is 3. The van der Waals surface area contributed by atoms with Crippen LogP contribution < -0.4 is 0 Å². The Labute approximate surface area is 92.9 Å². The Bertz CT molecular complexity index is 509. The Kier molecular flexibility index (Phi) is 2.59. The summed E-state index contributed by atoms with van der Waals surface area (Å²) in [4.78, 5) is 0. The van der Waals surface area contributed by atoms with Crippen molar-refractivity contribution in [2.75, 3.05) is 0 Å². The Morgan fingerprint density at radius 2 is 1.94 bits per heavy atom. The zero-order valence-corrected chi connectivity index (χ0v) is 8.38. The summed E-state index contributed by atoms with van der Waals surface area (Å²) in [5.41, 5.74) is -0.603. The van der Waals surface area contributed by atoms with Gasteiger partial charge in [0.05, 0.1) is 5.56 Å². The molecule has 0 aliphatic rings. The van der Waals surface area contributed by atoms with Crippen molar-refractivity contribution in [3.8, 4) is 11.5 Å².